The summed E-state index contributed by atoms with van der Waals surface area (Å²) in [6.07, 6.45) is 0.305. The molecule has 9 heteroatoms. The molecule has 0 saturated heterocycles. The molecule has 0 aliphatic carbocycles. The van der Waals surface area contributed by atoms with E-state index >= 15 is 0 Å². The Kier molecular flexibility index (Phi) is 7.18. The van der Waals surface area contributed by atoms with Crippen LogP contribution in [-0.2, 0) is 14.8 Å². The van der Waals surface area contributed by atoms with E-state index in [1.807, 2.05) is 20.8 Å². The van der Waals surface area contributed by atoms with E-state index in [1.54, 1.807) is 24.3 Å². The number of methoxy groups -OCH3 is 2. The molecular formula is C20H25BrN2O5S. The zero-order chi connectivity index (χ0) is 21.8. The van der Waals surface area contributed by atoms with Crippen molar-refractivity contribution in [3.05, 3.63) is 40.9 Å². The second-order valence-corrected chi connectivity index (χ2v) is 10.1. The summed E-state index contributed by atoms with van der Waals surface area (Å²) in [5.41, 5.74) is 0.535. The van der Waals surface area contributed by atoms with Gasteiger partial charge in [-0.3, -0.25) is 9.52 Å². The number of amides is 1. The molecule has 0 spiro atoms. The predicted octanol–water partition coefficient (Wildman–Crippen LogP) is 4.64. The minimum absolute atomic E-state index is 0.0829. The first-order valence-electron chi connectivity index (χ1n) is 8.79. The maximum atomic E-state index is 13.0. The molecular weight excluding hydrogens is 460 g/mol. The molecule has 2 aromatic carbocycles. The van der Waals surface area contributed by atoms with Crippen molar-refractivity contribution in [2.75, 3.05) is 24.3 Å². The van der Waals surface area contributed by atoms with Crippen molar-refractivity contribution in [2.45, 2.75) is 32.1 Å². The number of carbonyl (C=O) groups excluding carboxylic acids is 1. The van der Waals surface area contributed by atoms with Gasteiger partial charge in [-0.2, -0.15) is 0 Å². The van der Waals surface area contributed by atoms with Crippen LogP contribution in [0.3, 0.4) is 0 Å². The largest absolute Gasteiger partial charge is 0.496 e. The zero-order valence-corrected chi connectivity index (χ0v) is 19.4. The maximum Gasteiger partial charge on any atom is 0.265 e. The lowest BCUT2D eigenvalue weighted by atomic mass is 9.92. The normalized spacial score (nSPS) is 11.7. The number of hydrogen-bond donors (Lipinski definition) is 2. The van der Waals surface area contributed by atoms with Crippen LogP contribution >= 0.6 is 15.9 Å². The molecule has 0 aliphatic heterocycles. The van der Waals surface area contributed by atoms with Gasteiger partial charge in [0.25, 0.3) is 10.0 Å². The van der Waals surface area contributed by atoms with Crippen LogP contribution < -0.4 is 19.5 Å². The number of benzene rings is 2. The average molecular weight is 485 g/mol. The molecule has 0 saturated carbocycles. The maximum absolute atomic E-state index is 13.0. The third kappa shape index (κ3) is 6.37. The molecule has 2 N–H and O–H groups in total. The molecule has 1 amide bonds. The summed E-state index contributed by atoms with van der Waals surface area (Å²) in [5, 5.41) is 2.74. The Morgan fingerprint density at radius 2 is 1.59 bits per heavy atom. The Balaban J connectivity index is 2.33. The molecule has 158 valence electrons. The van der Waals surface area contributed by atoms with E-state index in [9.17, 15) is 13.2 Å². The zero-order valence-electron chi connectivity index (χ0n) is 17.0. The van der Waals surface area contributed by atoms with Crippen LogP contribution in [0.1, 0.15) is 27.2 Å². The third-order valence-electron chi connectivity index (χ3n) is 3.83. The first-order chi connectivity index (χ1) is 13.4. The topological polar surface area (TPSA) is 93.7 Å². The highest BCUT2D eigenvalue weighted by Gasteiger charge is 2.22. The Hall–Kier alpha value is -2.26. The summed E-state index contributed by atoms with van der Waals surface area (Å²) in [4.78, 5) is 12.1. The van der Waals surface area contributed by atoms with E-state index in [0.717, 1.165) is 0 Å². The van der Waals surface area contributed by atoms with E-state index in [-0.39, 0.29) is 22.0 Å². The fourth-order valence-electron chi connectivity index (χ4n) is 2.59. The second-order valence-electron chi connectivity index (χ2n) is 7.61. The van der Waals surface area contributed by atoms with Crippen molar-refractivity contribution >= 4 is 43.2 Å². The molecule has 0 fully saturated rings. The molecule has 0 aliphatic rings. The van der Waals surface area contributed by atoms with Crippen LogP contribution in [0.4, 0.5) is 11.4 Å². The van der Waals surface area contributed by atoms with Crippen molar-refractivity contribution in [3.8, 4) is 11.5 Å². The van der Waals surface area contributed by atoms with E-state index in [2.05, 4.69) is 26.0 Å². The Bertz CT molecular complexity index is 1000. The SMILES string of the molecule is COc1ccc(NS(=O)(=O)c2cc(NC(=O)CC(C)(C)C)ccc2OC)cc1Br. The second kappa shape index (κ2) is 9.04. The van der Waals surface area contributed by atoms with Crippen LogP contribution in [-0.4, -0.2) is 28.5 Å². The summed E-state index contributed by atoms with van der Waals surface area (Å²) in [6.45, 7) is 5.86. The van der Waals surface area contributed by atoms with Crippen LogP contribution in [0.25, 0.3) is 0 Å². The summed E-state index contributed by atoms with van der Waals surface area (Å²) in [5.74, 6) is 0.547. The van der Waals surface area contributed by atoms with Gasteiger partial charge in [-0.25, -0.2) is 8.42 Å². The fraction of sp³-hybridized carbons (Fsp3) is 0.350. The summed E-state index contributed by atoms with van der Waals surface area (Å²) < 4.78 is 39.4. The van der Waals surface area contributed by atoms with E-state index in [0.29, 0.717) is 28.0 Å². The van der Waals surface area contributed by atoms with Gasteiger partial charge in [-0.15, -0.1) is 0 Å². The van der Waals surface area contributed by atoms with Gasteiger partial charge in [0.2, 0.25) is 5.91 Å². The van der Waals surface area contributed by atoms with Crippen LogP contribution in [0, 0.1) is 5.41 Å². The Morgan fingerprint density at radius 1 is 1.00 bits per heavy atom. The van der Waals surface area contributed by atoms with Crippen LogP contribution in [0.2, 0.25) is 0 Å². The third-order valence-corrected chi connectivity index (χ3v) is 5.85. The smallest absolute Gasteiger partial charge is 0.265 e. The number of carbonyl (C=O) groups is 1. The average Bonchev–Trinajstić information content (AvgIpc) is 2.60. The van der Waals surface area contributed by atoms with Crippen molar-refractivity contribution in [2.24, 2.45) is 5.41 Å². The Morgan fingerprint density at radius 3 is 2.14 bits per heavy atom. The standard InChI is InChI=1S/C20H25BrN2O5S/c1-20(2,3)12-19(24)22-13-6-9-17(28-5)18(11-13)29(25,26)23-14-7-8-16(27-4)15(21)10-14/h6-11,23H,12H2,1-5H3,(H,22,24). The quantitative estimate of drug-likeness (QED) is 0.596. The van der Waals surface area contributed by atoms with Gasteiger partial charge in [-0.05, 0) is 57.7 Å². The minimum Gasteiger partial charge on any atom is -0.496 e. The summed E-state index contributed by atoms with van der Waals surface area (Å²) >= 11 is 3.33. The van der Waals surface area contributed by atoms with Gasteiger partial charge in [0.15, 0.2) is 0 Å². The van der Waals surface area contributed by atoms with E-state index in [1.165, 1.54) is 26.4 Å². The van der Waals surface area contributed by atoms with Gasteiger partial charge in [-0.1, -0.05) is 20.8 Å². The number of anilines is 2. The lowest BCUT2D eigenvalue weighted by Gasteiger charge is -2.18. The van der Waals surface area contributed by atoms with Gasteiger partial charge in [0.1, 0.15) is 16.4 Å². The Labute approximate surface area is 180 Å². The van der Waals surface area contributed by atoms with Gasteiger partial charge >= 0.3 is 0 Å². The van der Waals surface area contributed by atoms with Crippen LogP contribution in [0.15, 0.2) is 45.8 Å². The highest BCUT2D eigenvalue weighted by molar-refractivity contribution is 9.10. The molecule has 0 radical (unpaired) electrons. The predicted molar refractivity (Wildman–Crippen MR) is 117 cm³/mol. The molecule has 0 bridgehead atoms. The molecule has 0 aromatic heterocycles. The highest BCUT2D eigenvalue weighted by Crippen LogP contribution is 2.32. The number of halogens is 1. The molecule has 7 nitrogen and oxygen atoms in total. The van der Waals surface area contributed by atoms with Gasteiger partial charge < -0.3 is 14.8 Å². The monoisotopic (exact) mass is 484 g/mol. The van der Waals surface area contributed by atoms with Crippen molar-refractivity contribution in [1.29, 1.82) is 0 Å². The molecule has 0 heterocycles. The van der Waals surface area contributed by atoms with E-state index < -0.39 is 10.0 Å². The van der Waals surface area contributed by atoms with Crippen molar-refractivity contribution in [3.63, 3.8) is 0 Å². The van der Waals surface area contributed by atoms with Crippen molar-refractivity contribution in [1.82, 2.24) is 0 Å². The lowest BCUT2D eigenvalue weighted by molar-refractivity contribution is -0.117. The number of sulfonamides is 1. The molecule has 2 rings (SSSR count). The number of nitrogens with one attached hydrogen (secondary N) is 2. The summed E-state index contributed by atoms with van der Waals surface area (Å²) in [6, 6.07) is 9.30. The first-order valence-corrected chi connectivity index (χ1v) is 11.1. The molecule has 2 aromatic rings. The molecule has 0 unspecified atom stereocenters. The first kappa shape index (κ1) is 23.0. The number of hydrogen-bond acceptors (Lipinski definition) is 5. The minimum atomic E-state index is -3.97. The number of ether oxygens (including phenoxy) is 2. The summed E-state index contributed by atoms with van der Waals surface area (Å²) in [7, 11) is -1.07. The number of rotatable bonds is 7. The van der Waals surface area contributed by atoms with E-state index in [4.69, 9.17) is 9.47 Å². The fourth-order valence-corrected chi connectivity index (χ4v) is 4.38. The van der Waals surface area contributed by atoms with Crippen LogP contribution in [0.5, 0.6) is 11.5 Å². The molecule has 0 atom stereocenters. The van der Waals surface area contributed by atoms with Crippen molar-refractivity contribution < 1.29 is 22.7 Å². The van der Waals surface area contributed by atoms with Gasteiger partial charge in [0.05, 0.1) is 24.4 Å². The lowest BCUT2D eigenvalue weighted by Crippen LogP contribution is -2.20. The highest BCUT2D eigenvalue weighted by atomic mass is 79.9. The molecule has 29 heavy (non-hydrogen) atoms. The van der Waals surface area contributed by atoms with Gasteiger partial charge in [0, 0.05) is 12.1 Å².